The number of aromatic amines is 1. The molecule has 1 aromatic carbocycles. The number of ether oxygens (including phenoxy) is 1. The van der Waals surface area contributed by atoms with Gasteiger partial charge in [-0.05, 0) is 38.1 Å². The highest BCUT2D eigenvalue weighted by Crippen LogP contribution is 2.25. The Bertz CT molecular complexity index is 629. The summed E-state index contributed by atoms with van der Waals surface area (Å²) < 4.78 is 5.34. The molecule has 2 N–H and O–H groups in total. The van der Waals surface area contributed by atoms with Gasteiger partial charge in [-0.3, -0.25) is 0 Å². The van der Waals surface area contributed by atoms with Gasteiger partial charge in [0.25, 0.3) is 5.82 Å². The number of carbonyl (C=O) groups excluding carboxylic acids is 1. The number of rotatable bonds is 4. The van der Waals surface area contributed by atoms with Gasteiger partial charge in [0.05, 0.1) is 22.9 Å². The minimum Gasteiger partial charge on any atom is -0.492 e. The lowest BCUT2D eigenvalue weighted by Crippen LogP contribution is -2.20. The Balaban J connectivity index is 2.15. The van der Waals surface area contributed by atoms with Crippen molar-refractivity contribution in [2.75, 3.05) is 11.9 Å². The summed E-state index contributed by atoms with van der Waals surface area (Å²) >= 11 is 6.07. The first-order chi connectivity index (χ1) is 9.60. The smallest absolute Gasteiger partial charge is 0.339 e. The zero-order valence-corrected chi connectivity index (χ0v) is 12.1. The zero-order chi connectivity index (χ0) is 14.5. The zero-order valence-electron chi connectivity index (χ0n) is 11.4. The van der Waals surface area contributed by atoms with Gasteiger partial charge in [0.15, 0.2) is 0 Å². The molecule has 1 aromatic heterocycles. The molecule has 0 spiro atoms. The molecule has 20 heavy (non-hydrogen) atoms. The average Bonchev–Trinajstić information content (AvgIpc) is 2.41. The molecule has 1 amide bonds. The minimum absolute atomic E-state index is 0.225. The lowest BCUT2D eigenvalue weighted by atomic mass is 10.2. The summed E-state index contributed by atoms with van der Waals surface area (Å²) in [7, 11) is 0. The van der Waals surface area contributed by atoms with E-state index in [9.17, 15) is 4.79 Å². The second kappa shape index (κ2) is 6.39. The van der Waals surface area contributed by atoms with Crippen molar-refractivity contribution >= 4 is 23.3 Å². The maximum Gasteiger partial charge on any atom is 0.339 e. The summed E-state index contributed by atoms with van der Waals surface area (Å²) in [6.07, 6.45) is 0. The molecule has 0 bridgehead atoms. The standard InChI is InChI=1S/C15H15ClN2O2/c1-3-20-13-8-7-11(9-12(13)16)15(19)18-14-6-4-5-10(2)17-14/h4-9H,3H2,1-2H3,(H,17,18,19)/p+1. The molecule has 0 fully saturated rings. The maximum atomic E-state index is 12.1. The molecule has 1 heterocycles. The predicted octanol–water partition coefficient (Wildman–Crippen LogP) is 3.11. The third-order valence-electron chi connectivity index (χ3n) is 2.68. The van der Waals surface area contributed by atoms with Crippen molar-refractivity contribution in [1.82, 2.24) is 0 Å². The van der Waals surface area contributed by atoms with E-state index in [0.29, 0.717) is 28.8 Å². The largest absolute Gasteiger partial charge is 0.492 e. The molecule has 0 aliphatic carbocycles. The molecule has 0 radical (unpaired) electrons. The van der Waals surface area contributed by atoms with E-state index >= 15 is 0 Å². The average molecular weight is 292 g/mol. The van der Waals surface area contributed by atoms with E-state index in [1.807, 2.05) is 26.0 Å². The van der Waals surface area contributed by atoms with Crippen LogP contribution in [0.4, 0.5) is 5.82 Å². The Hall–Kier alpha value is -2.07. The van der Waals surface area contributed by atoms with Gasteiger partial charge in [-0.15, -0.1) is 0 Å². The van der Waals surface area contributed by atoms with Gasteiger partial charge in [0, 0.05) is 6.07 Å². The summed E-state index contributed by atoms with van der Waals surface area (Å²) in [6, 6.07) is 10.6. The summed E-state index contributed by atoms with van der Waals surface area (Å²) in [5, 5.41) is 3.21. The fraction of sp³-hybridized carbons (Fsp3) is 0.200. The lowest BCUT2D eigenvalue weighted by Gasteiger charge is -2.06. The highest BCUT2D eigenvalue weighted by Gasteiger charge is 2.14. The van der Waals surface area contributed by atoms with E-state index in [-0.39, 0.29) is 5.91 Å². The number of pyridine rings is 1. The lowest BCUT2D eigenvalue weighted by molar-refractivity contribution is -0.370. The van der Waals surface area contributed by atoms with Crippen molar-refractivity contribution in [3.8, 4) is 5.75 Å². The van der Waals surface area contributed by atoms with Gasteiger partial charge in [0.1, 0.15) is 5.75 Å². The van der Waals surface area contributed by atoms with Crippen molar-refractivity contribution in [2.24, 2.45) is 0 Å². The van der Waals surface area contributed by atoms with Gasteiger partial charge in [-0.1, -0.05) is 17.7 Å². The van der Waals surface area contributed by atoms with Crippen LogP contribution in [0.5, 0.6) is 5.75 Å². The third-order valence-corrected chi connectivity index (χ3v) is 2.98. The molecule has 0 aliphatic heterocycles. The van der Waals surface area contributed by atoms with Crippen LogP contribution in [-0.2, 0) is 0 Å². The number of H-pyrrole nitrogens is 1. The van der Waals surface area contributed by atoms with Gasteiger partial charge in [-0.2, -0.15) is 0 Å². The van der Waals surface area contributed by atoms with Crippen LogP contribution in [0.2, 0.25) is 5.02 Å². The number of halogens is 1. The van der Waals surface area contributed by atoms with E-state index in [0.717, 1.165) is 5.69 Å². The van der Waals surface area contributed by atoms with Gasteiger partial charge in [-0.25, -0.2) is 15.1 Å². The van der Waals surface area contributed by atoms with E-state index in [4.69, 9.17) is 16.3 Å². The number of benzene rings is 1. The molecule has 0 saturated carbocycles. The molecule has 4 nitrogen and oxygen atoms in total. The fourth-order valence-corrected chi connectivity index (χ4v) is 2.00. The Morgan fingerprint density at radius 3 is 2.80 bits per heavy atom. The number of amides is 1. The van der Waals surface area contributed by atoms with Crippen molar-refractivity contribution in [2.45, 2.75) is 13.8 Å². The summed E-state index contributed by atoms with van der Waals surface area (Å²) in [5.41, 5.74) is 1.45. The van der Waals surface area contributed by atoms with Crippen LogP contribution in [0, 0.1) is 6.92 Å². The van der Waals surface area contributed by atoms with Crippen LogP contribution in [0.3, 0.4) is 0 Å². The van der Waals surface area contributed by atoms with Crippen LogP contribution in [0.15, 0.2) is 36.4 Å². The van der Waals surface area contributed by atoms with Gasteiger partial charge in [0.2, 0.25) is 0 Å². The van der Waals surface area contributed by atoms with Crippen LogP contribution < -0.4 is 15.0 Å². The molecule has 104 valence electrons. The second-order valence-corrected chi connectivity index (χ2v) is 4.69. The van der Waals surface area contributed by atoms with E-state index in [1.54, 1.807) is 24.3 Å². The summed E-state index contributed by atoms with van der Waals surface area (Å²) in [4.78, 5) is 15.2. The quantitative estimate of drug-likeness (QED) is 0.941. The summed E-state index contributed by atoms with van der Waals surface area (Å²) in [6.45, 7) is 4.33. The van der Waals surface area contributed by atoms with Crippen LogP contribution >= 0.6 is 11.6 Å². The van der Waals surface area contributed by atoms with Crippen LogP contribution in [0.1, 0.15) is 23.0 Å². The first-order valence-electron chi connectivity index (χ1n) is 6.33. The second-order valence-electron chi connectivity index (χ2n) is 4.28. The highest BCUT2D eigenvalue weighted by molar-refractivity contribution is 6.32. The number of nitrogens with one attached hydrogen (secondary N) is 2. The monoisotopic (exact) mass is 291 g/mol. The summed E-state index contributed by atoms with van der Waals surface area (Å²) in [5.74, 6) is 0.990. The number of aromatic nitrogens is 1. The molecule has 0 unspecified atom stereocenters. The number of hydrogen-bond donors (Lipinski definition) is 1. The van der Waals surface area contributed by atoms with E-state index in [2.05, 4.69) is 10.3 Å². The molecule has 0 atom stereocenters. The molecule has 2 aromatic rings. The van der Waals surface area contributed by atoms with Crippen molar-refractivity contribution in [3.05, 3.63) is 52.7 Å². The number of aryl methyl sites for hydroxylation is 1. The minimum atomic E-state index is -0.225. The normalized spacial score (nSPS) is 10.2. The fourth-order valence-electron chi connectivity index (χ4n) is 1.77. The first-order valence-corrected chi connectivity index (χ1v) is 6.70. The molecule has 5 heteroatoms. The van der Waals surface area contributed by atoms with Crippen molar-refractivity contribution in [1.29, 1.82) is 0 Å². The number of anilines is 1. The van der Waals surface area contributed by atoms with E-state index < -0.39 is 0 Å². The first kappa shape index (κ1) is 14.3. The molecule has 2 rings (SSSR count). The van der Waals surface area contributed by atoms with Crippen LogP contribution in [0.25, 0.3) is 0 Å². The third kappa shape index (κ3) is 3.48. The highest BCUT2D eigenvalue weighted by atomic mass is 35.5. The topological polar surface area (TPSA) is 52.5 Å². The Morgan fingerprint density at radius 1 is 1.35 bits per heavy atom. The molecule has 0 aliphatic rings. The molecule has 0 saturated heterocycles. The van der Waals surface area contributed by atoms with Crippen molar-refractivity contribution < 1.29 is 14.5 Å². The molecular weight excluding hydrogens is 276 g/mol. The number of hydrogen-bond acceptors (Lipinski definition) is 2. The number of carbonyl (C=O) groups is 1. The van der Waals surface area contributed by atoms with E-state index in [1.165, 1.54) is 0 Å². The Labute approximate surface area is 122 Å². The SMILES string of the molecule is CCOc1ccc(C(=O)Nc2cccc(C)[nH+]2)cc1Cl. The Kier molecular flexibility index (Phi) is 4.58. The van der Waals surface area contributed by atoms with Gasteiger partial charge < -0.3 is 4.74 Å². The van der Waals surface area contributed by atoms with Crippen LogP contribution in [-0.4, -0.2) is 12.5 Å². The Morgan fingerprint density at radius 2 is 2.15 bits per heavy atom. The van der Waals surface area contributed by atoms with Crippen molar-refractivity contribution in [3.63, 3.8) is 0 Å². The van der Waals surface area contributed by atoms with Gasteiger partial charge >= 0.3 is 5.91 Å². The maximum absolute atomic E-state index is 12.1. The predicted molar refractivity (Wildman–Crippen MR) is 78.3 cm³/mol. The molecular formula is C15H16ClN2O2+.